The molecular formula is C10H19NO2. The average Bonchev–Trinajstić information content (AvgIpc) is 2.08. The van der Waals surface area contributed by atoms with Crippen LogP contribution in [0.3, 0.4) is 0 Å². The SMILES string of the molecule is CCC1CCC(C)N(CC(=O)O)C1. The van der Waals surface area contributed by atoms with Gasteiger partial charge in [0.1, 0.15) is 0 Å². The molecule has 3 heteroatoms. The number of hydrogen-bond acceptors (Lipinski definition) is 2. The Labute approximate surface area is 79.7 Å². The molecule has 1 heterocycles. The number of aliphatic carboxylic acids is 1. The summed E-state index contributed by atoms with van der Waals surface area (Å²) in [6.45, 7) is 5.47. The third kappa shape index (κ3) is 2.99. The zero-order valence-corrected chi connectivity index (χ0v) is 8.49. The van der Waals surface area contributed by atoms with Gasteiger partial charge in [0, 0.05) is 12.6 Å². The van der Waals surface area contributed by atoms with Crippen molar-refractivity contribution in [3.05, 3.63) is 0 Å². The van der Waals surface area contributed by atoms with Crippen LogP contribution in [-0.2, 0) is 4.79 Å². The van der Waals surface area contributed by atoms with Gasteiger partial charge in [-0.15, -0.1) is 0 Å². The van der Waals surface area contributed by atoms with Crippen molar-refractivity contribution in [1.82, 2.24) is 4.90 Å². The van der Waals surface area contributed by atoms with Gasteiger partial charge in [0.25, 0.3) is 0 Å². The molecular weight excluding hydrogens is 166 g/mol. The molecule has 1 N–H and O–H groups in total. The number of nitrogens with zero attached hydrogens (tertiary/aromatic N) is 1. The van der Waals surface area contributed by atoms with E-state index in [2.05, 4.69) is 18.7 Å². The number of carbonyl (C=O) groups is 1. The molecule has 2 atom stereocenters. The molecule has 0 amide bonds. The number of carboxylic acids is 1. The van der Waals surface area contributed by atoms with Crippen LogP contribution >= 0.6 is 0 Å². The Morgan fingerprint density at radius 3 is 2.77 bits per heavy atom. The lowest BCUT2D eigenvalue weighted by molar-refractivity contribution is -0.139. The molecule has 2 unspecified atom stereocenters. The van der Waals surface area contributed by atoms with Gasteiger partial charge in [-0.1, -0.05) is 13.3 Å². The van der Waals surface area contributed by atoms with Crippen LogP contribution in [0.15, 0.2) is 0 Å². The highest BCUT2D eigenvalue weighted by Crippen LogP contribution is 2.23. The fourth-order valence-electron chi connectivity index (χ4n) is 1.99. The first kappa shape index (κ1) is 10.5. The maximum atomic E-state index is 10.6. The van der Waals surface area contributed by atoms with E-state index in [1.807, 2.05) is 0 Å². The summed E-state index contributed by atoms with van der Waals surface area (Å²) < 4.78 is 0. The Kier molecular flexibility index (Phi) is 3.72. The minimum absolute atomic E-state index is 0.206. The molecule has 1 rings (SSSR count). The predicted octanol–water partition coefficient (Wildman–Crippen LogP) is 1.58. The third-order valence-electron chi connectivity index (χ3n) is 3.02. The molecule has 13 heavy (non-hydrogen) atoms. The quantitative estimate of drug-likeness (QED) is 0.725. The van der Waals surface area contributed by atoms with E-state index in [9.17, 15) is 4.79 Å². The monoisotopic (exact) mass is 185 g/mol. The van der Waals surface area contributed by atoms with Crippen molar-refractivity contribution >= 4 is 5.97 Å². The summed E-state index contributed by atoms with van der Waals surface area (Å²) in [6, 6.07) is 0.443. The lowest BCUT2D eigenvalue weighted by atomic mass is 9.91. The van der Waals surface area contributed by atoms with E-state index in [0.717, 1.165) is 13.0 Å². The second-order valence-electron chi connectivity index (χ2n) is 4.02. The summed E-state index contributed by atoms with van der Waals surface area (Å²) in [5.74, 6) is -0.000784. The van der Waals surface area contributed by atoms with E-state index in [1.165, 1.54) is 12.8 Å². The smallest absolute Gasteiger partial charge is 0.317 e. The summed E-state index contributed by atoms with van der Waals surface area (Å²) in [5, 5.41) is 8.70. The zero-order valence-electron chi connectivity index (χ0n) is 8.49. The highest BCUT2D eigenvalue weighted by molar-refractivity contribution is 5.69. The van der Waals surface area contributed by atoms with E-state index in [0.29, 0.717) is 12.0 Å². The van der Waals surface area contributed by atoms with Crippen LogP contribution < -0.4 is 0 Å². The van der Waals surface area contributed by atoms with Crippen molar-refractivity contribution in [3.8, 4) is 0 Å². The third-order valence-corrected chi connectivity index (χ3v) is 3.02. The lowest BCUT2D eigenvalue weighted by Crippen LogP contribution is -2.44. The molecule has 1 fully saturated rings. The van der Waals surface area contributed by atoms with Gasteiger partial charge in [0.15, 0.2) is 0 Å². The number of piperidine rings is 1. The fraction of sp³-hybridized carbons (Fsp3) is 0.900. The molecule has 0 saturated carbocycles. The van der Waals surface area contributed by atoms with Crippen molar-refractivity contribution in [3.63, 3.8) is 0 Å². The molecule has 0 aromatic heterocycles. The van der Waals surface area contributed by atoms with Crippen LogP contribution in [0.1, 0.15) is 33.1 Å². The van der Waals surface area contributed by atoms with Crippen LogP contribution in [0.5, 0.6) is 0 Å². The van der Waals surface area contributed by atoms with Gasteiger partial charge in [0.05, 0.1) is 6.54 Å². The molecule has 0 bridgehead atoms. The summed E-state index contributed by atoms with van der Waals surface area (Å²) in [5.41, 5.74) is 0. The van der Waals surface area contributed by atoms with Gasteiger partial charge in [-0.25, -0.2) is 0 Å². The molecule has 76 valence electrons. The molecule has 0 spiro atoms. The maximum absolute atomic E-state index is 10.6. The van der Waals surface area contributed by atoms with E-state index >= 15 is 0 Å². The highest BCUT2D eigenvalue weighted by Gasteiger charge is 2.25. The molecule has 0 aliphatic carbocycles. The normalized spacial score (nSPS) is 30.3. The fourth-order valence-corrected chi connectivity index (χ4v) is 1.99. The molecule has 0 radical (unpaired) electrons. The van der Waals surface area contributed by atoms with E-state index in [-0.39, 0.29) is 6.54 Å². The average molecular weight is 185 g/mol. The molecule has 3 nitrogen and oxygen atoms in total. The Hall–Kier alpha value is -0.570. The van der Waals surface area contributed by atoms with Gasteiger partial charge in [-0.3, -0.25) is 9.69 Å². The molecule has 0 aromatic carbocycles. The van der Waals surface area contributed by atoms with Crippen molar-refractivity contribution in [2.45, 2.75) is 39.2 Å². The first-order valence-corrected chi connectivity index (χ1v) is 5.09. The second-order valence-corrected chi connectivity index (χ2v) is 4.02. The number of likely N-dealkylation sites (tertiary alicyclic amines) is 1. The summed E-state index contributed by atoms with van der Waals surface area (Å²) in [6.07, 6.45) is 3.57. The molecule has 1 saturated heterocycles. The van der Waals surface area contributed by atoms with Crippen molar-refractivity contribution in [1.29, 1.82) is 0 Å². The number of carboxylic acid groups (broad SMARTS) is 1. The predicted molar refractivity (Wildman–Crippen MR) is 51.7 cm³/mol. The highest BCUT2D eigenvalue weighted by atomic mass is 16.4. The molecule has 0 aromatic rings. The summed E-state index contributed by atoms with van der Waals surface area (Å²) in [7, 11) is 0. The van der Waals surface area contributed by atoms with Gasteiger partial charge in [0.2, 0.25) is 0 Å². The number of rotatable bonds is 3. The number of hydrogen-bond donors (Lipinski definition) is 1. The standard InChI is InChI=1S/C10H19NO2/c1-3-9-5-4-8(2)11(6-9)7-10(12)13/h8-9H,3-7H2,1-2H3,(H,12,13). The first-order chi connectivity index (χ1) is 6.13. The minimum Gasteiger partial charge on any atom is -0.480 e. The van der Waals surface area contributed by atoms with Crippen molar-refractivity contribution < 1.29 is 9.90 Å². The van der Waals surface area contributed by atoms with Gasteiger partial charge in [-0.2, -0.15) is 0 Å². The van der Waals surface area contributed by atoms with Crippen LogP contribution in [0.25, 0.3) is 0 Å². The first-order valence-electron chi connectivity index (χ1n) is 5.09. The maximum Gasteiger partial charge on any atom is 0.317 e. The summed E-state index contributed by atoms with van der Waals surface area (Å²) in [4.78, 5) is 12.6. The van der Waals surface area contributed by atoms with E-state index in [4.69, 9.17) is 5.11 Å². The van der Waals surface area contributed by atoms with Crippen LogP contribution in [0.2, 0.25) is 0 Å². The van der Waals surface area contributed by atoms with Gasteiger partial charge < -0.3 is 5.11 Å². The van der Waals surface area contributed by atoms with E-state index < -0.39 is 5.97 Å². The largest absolute Gasteiger partial charge is 0.480 e. The Balaban J connectivity index is 2.44. The van der Waals surface area contributed by atoms with Crippen molar-refractivity contribution in [2.24, 2.45) is 5.92 Å². The second kappa shape index (κ2) is 4.61. The topological polar surface area (TPSA) is 40.5 Å². The Bertz CT molecular complexity index is 182. The Morgan fingerprint density at radius 2 is 2.23 bits per heavy atom. The minimum atomic E-state index is -0.705. The van der Waals surface area contributed by atoms with Crippen LogP contribution in [-0.4, -0.2) is 35.1 Å². The summed E-state index contributed by atoms with van der Waals surface area (Å²) >= 11 is 0. The van der Waals surface area contributed by atoms with Crippen molar-refractivity contribution in [2.75, 3.05) is 13.1 Å². The zero-order chi connectivity index (χ0) is 9.84. The van der Waals surface area contributed by atoms with Crippen LogP contribution in [0.4, 0.5) is 0 Å². The Morgan fingerprint density at radius 1 is 1.54 bits per heavy atom. The van der Waals surface area contributed by atoms with Crippen LogP contribution in [0, 0.1) is 5.92 Å². The van der Waals surface area contributed by atoms with Gasteiger partial charge in [-0.05, 0) is 25.7 Å². The van der Waals surface area contributed by atoms with Gasteiger partial charge >= 0.3 is 5.97 Å². The van der Waals surface area contributed by atoms with E-state index in [1.54, 1.807) is 0 Å². The molecule has 1 aliphatic heterocycles. The molecule has 1 aliphatic rings. The lowest BCUT2D eigenvalue weighted by Gasteiger charge is -2.36.